The van der Waals surface area contributed by atoms with Gasteiger partial charge in [-0.1, -0.05) is 23.2 Å². The molecule has 0 amide bonds. The molecule has 0 aliphatic rings. The van der Waals surface area contributed by atoms with Crippen LogP contribution in [0, 0.1) is 11.6 Å². The van der Waals surface area contributed by atoms with Crippen molar-refractivity contribution >= 4 is 34.8 Å². The summed E-state index contributed by atoms with van der Waals surface area (Å²) in [5.74, 6) is -1.70. The van der Waals surface area contributed by atoms with Crippen LogP contribution < -0.4 is 4.74 Å². The second kappa shape index (κ2) is 6.55. The first kappa shape index (κ1) is 17.0. The average molecular weight is 391 g/mol. The largest absolute Gasteiger partial charge is 0.497 e. The summed E-state index contributed by atoms with van der Waals surface area (Å²) in [6.07, 6.45) is 1.38. The smallest absolute Gasteiger partial charge is 0.209 e. The highest BCUT2D eigenvalue weighted by Crippen LogP contribution is 2.38. The Morgan fingerprint density at radius 3 is 2.29 bits per heavy atom. The van der Waals surface area contributed by atoms with Crippen molar-refractivity contribution in [3.05, 3.63) is 57.7 Å². The van der Waals surface area contributed by atoms with E-state index in [1.54, 1.807) is 6.07 Å². The Kier molecular flexibility index (Phi) is 4.62. The third-order valence-electron chi connectivity index (χ3n) is 3.25. The Morgan fingerprint density at radius 1 is 1.08 bits per heavy atom. The molecule has 0 bridgehead atoms. The fourth-order valence-electron chi connectivity index (χ4n) is 2.21. The van der Waals surface area contributed by atoms with Gasteiger partial charge < -0.3 is 4.74 Å². The van der Waals surface area contributed by atoms with Gasteiger partial charge >= 0.3 is 0 Å². The summed E-state index contributed by atoms with van der Waals surface area (Å²) in [5, 5.41) is 0.0242. The standard InChI is InChI=1S/C15H8Cl3F2N3O/c1-24-8-4-9(19)12(10(20)5-8)13-14(17)22-15(18)23(13)7-2-3-11(16)21-6-7/h2-6H,1H3. The number of aromatic nitrogens is 3. The molecular weight excluding hydrogens is 383 g/mol. The molecule has 3 aromatic rings. The number of benzene rings is 1. The van der Waals surface area contributed by atoms with E-state index in [4.69, 9.17) is 39.5 Å². The molecule has 9 heteroatoms. The molecule has 0 spiro atoms. The Hall–Kier alpha value is -1.89. The molecule has 0 radical (unpaired) electrons. The number of nitrogens with zero attached hydrogens (tertiary/aromatic N) is 3. The number of methoxy groups -OCH3 is 1. The molecule has 0 fully saturated rings. The first-order chi connectivity index (χ1) is 11.4. The lowest BCUT2D eigenvalue weighted by Crippen LogP contribution is -2.02. The minimum atomic E-state index is -0.867. The number of hydrogen-bond donors (Lipinski definition) is 0. The molecule has 0 N–H and O–H groups in total. The fourth-order valence-corrected chi connectivity index (χ4v) is 2.89. The van der Waals surface area contributed by atoms with Crippen LogP contribution in [0.15, 0.2) is 30.5 Å². The van der Waals surface area contributed by atoms with Gasteiger partial charge in [0, 0.05) is 12.1 Å². The molecule has 2 aromatic heterocycles. The van der Waals surface area contributed by atoms with Crippen LogP contribution in [0.5, 0.6) is 5.75 Å². The molecule has 0 aliphatic heterocycles. The number of imidazole rings is 1. The van der Waals surface area contributed by atoms with E-state index in [1.807, 2.05) is 0 Å². The molecule has 0 atom stereocenters. The Morgan fingerprint density at radius 2 is 1.75 bits per heavy atom. The quantitative estimate of drug-likeness (QED) is 0.578. The topological polar surface area (TPSA) is 39.9 Å². The average Bonchev–Trinajstić information content (AvgIpc) is 2.82. The van der Waals surface area contributed by atoms with E-state index in [2.05, 4.69) is 9.97 Å². The highest BCUT2D eigenvalue weighted by molar-refractivity contribution is 6.34. The second-order valence-electron chi connectivity index (χ2n) is 4.66. The second-order valence-corrected chi connectivity index (χ2v) is 5.74. The van der Waals surface area contributed by atoms with Crippen LogP contribution in [0.2, 0.25) is 15.6 Å². The summed E-state index contributed by atoms with van der Waals surface area (Å²) >= 11 is 17.9. The molecule has 3 rings (SSSR count). The molecule has 0 saturated carbocycles. The van der Waals surface area contributed by atoms with Crippen molar-refractivity contribution in [3.63, 3.8) is 0 Å². The first-order valence-corrected chi connectivity index (χ1v) is 7.65. The zero-order valence-corrected chi connectivity index (χ0v) is 14.3. The predicted molar refractivity (Wildman–Crippen MR) is 88.3 cm³/mol. The normalized spacial score (nSPS) is 10.9. The molecule has 124 valence electrons. The third kappa shape index (κ3) is 2.92. The van der Waals surface area contributed by atoms with Crippen LogP contribution in [0.4, 0.5) is 8.78 Å². The molecule has 0 saturated heterocycles. The maximum absolute atomic E-state index is 14.4. The predicted octanol–water partition coefficient (Wildman–Crippen LogP) is 5.18. The van der Waals surface area contributed by atoms with Gasteiger partial charge in [-0.05, 0) is 23.7 Å². The summed E-state index contributed by atoms with van der Waals surface area (Å²) in [6.45, 7) is 0. The molecule has 24 heavy (non-hydrogen) atoms. The van der Waals surface area contributed by atoms with Crippen molar-refractivity contribution in [3.8, 4) is 22.7 Å². The van der Waals surface area contributed by atoms with Crippen LogP contribution in [-0.2, 0) is 0 Å². The van der Waals surface area contributed by atoms with Crippen LogP contribution in [0.3, 0.4) is 0 Å². The van der Waals surface area contributed by atoms with E-state index >= 15 is 0 Å². The van der Waals surface area contributed by atoms with E-state index in [0.717, 1.165) is 12.1 Å². The van der Waals surface area contributed by atoms with Crippen LogP contribution in [-0.4, -0.2) is 21.6 Å². The van der Waals surface area contributed by atoms with Gasteiger partial charge in [0.15, 0.2) is 5.15 Å². The number of halogens is 5. The minimum Gasteiger partial charge on any atom is -0.497 e. The minimum absolute atomic E-state index is 0.0372. The highest BCUT2D eigenvalue weighted by atomic mass is 35.5. The number of rotatable bonds is 3. The molecule has 1 aromatic carbocycles. The zero-order chi connectivity index (χ0) is 17.4. The van der Waals surface area contributed by atoms with Gasteiger partial charge in [-0.2, -0.15) is 0 Å². The van der Waals surface area contributed by atoms with Gasteiger partial charge in [-0.25, -0.2) is 18.7 Å². The Labute approximate surface area is 150 Å². The number of ether oxygens (including phenoxy) is 1. The number of hydrogen-bond acceptors (Lipinski definition) is 3. The first-order valence-electron chi connectivity index (χ1n) is 6.51. The van der Waals surface area contributed by atoms with Gasteiger partial charge in [-0.15, -0.1) is 0 Å². The fraction of sp³-hybridized carbons (Fsp3) is 0.0667. The SMILES string of the molecule is COc1cc(F)c(-c2c(Cl)nc(Cl)n2-c2ccc(Cl)nc2)c(F)c1. The van der Waals surface area contributed by atoms with Crippen molar-refractivity contribution in [2.45, 2.75) is 0 Å². The summed E-state index contributed by atoms with van der Waals surface area (Å²) in [4.78, 5) is 7.80. The summed E-state index contributed by atoms with van der Waals surface area (Å²) < 4.78 is 35.0. The van der Waals surface area contributed by atoms with E-state index in [1.165, 1.54) is 23.9 Å². The lowest BCUT2D eigenvalue weighted by atomic mass is 10.1. The monoisotopic (exact) mass is 389 g/mol. The van der Waals surface area contributed by atoms with Gasteiger partial charge in [0.2, 0.25) is 5.28 Å². The molecule has 4 nitrogen and oxygen atoms in total. The maximum atomic E-state index is 14.4. The van der Waals surface area contributed by atoms with Gasteiger partial charge in [0.05, 0.1) is 30.3 Å². The summed E-state index contributed by atoms with van der Waals surface area (Å²) in [7, 11) is 1.31. The van der Waals surface area contributed by atoms with Crippen molar-refractivity contribution < 1.29 is 13.5 Å². The zero-order valence-electron chi connectivity index (χ0n) is 12.0. The van der Waals surface area contributed by atoms with E-state index in [-0.39, 0.29) is 32.6 Å². The van der Waals surface area contributed by atoms with Crippen molar-refractivity contribution in [1.82, 2.24) is 14.5 Å². The van der Waals surface area contributed by atoms with Crippen molar-refractivity contribution in [2.24, 2.45) is 0 Å². The lowest BCUT2D eigenvalue weighted by molar-refractivity contribution is 0.407. The van der Waals surface area contributed by atoms with E-state index in [9.17, 15) is 8.78 Å². The molecular formula is C15H8Cl3F2N3O. The highest BCUT2D eigenvalue weighted by Gasteiger charge is 2.24. The van der Waals surface area contributed by atoms with Crippen LogP contribution in [0.1, 0.15) is 0 Å². The van der Waals surface area contributed by atoms with Crippen LogP contribution in [0.25, 0.3) is 16.9 Å². The van der Waals surface area contributed by atoms with Gasteiger partial charge in [0.1, 0.15) is 22.5 Å². The maximum Gasteiger partial charge on any atom is 0.209 e. The molecule has 0 unspecified atom stereocenters. The van der Waals surface area contributed by atoms with Gasteiger partial charge in [0.25, 0.3) is 0 Å². The van der Waals surface area contributed by atoms with Gasteiger partial charge in [-0.3, -0.25) is 4.57 Å². The van der Waals surface area contributed by atoms with E-state index in [0.29, 0.717) is 5.69 Å². The molecule has 2 heterocycles. The van der Waals surface area contributed by atoms with Crippen LogP contribution >= 0.6 is 34.8 Å². The number of pyridine rings is 1. The van der Waals surface area contributed by atoms with Crippen molar-refractivity contribution in [2.75, 3.05) is 7.11 Å². The summed E-state index contributed by atoms with van der Waals surface area (Å²) in [5.41, 5.74) is -0.0213. The third-order valence-corrected chi connectivity index (χ3v) is 3.99. The molecule has 0 aliphatic carbocycles. The van der Waals surface area contributed by atoms with Crippen molar-refractivity contribution in [1.29, 1.82) is 0 Å². The lowest BCUT2D eigenvalue weighted by Gasteiger charge is -2.12. The Balaban J connectivity index is 2.28. The Bertz CT molecular complexity index is 890. The summed E-state index contributed by atoms with van der Waals surface area (Å²) in [6, 6.07) is 5.16. The van der Waals surface area contributed by atoms with E-state index < -0.39 is 11.6 Å².